The molecule has 0 fully saturated rings. The van der Waals surface area contributed by atoms with Crippen molar-refractivity contribution < 1.29 is 0 Å². The molecule has 0 N–H and O–H groups in total. The maximum Gasteiger partial charge on any atom is 0.160 e. The summed E-state index contributed by atoms with van der Waals surface area (Å²) in [6.07, 6.45) is 0. The van der Waals surface area contributed by atoms with E-state index in [1.54, 1.807) is 0 Å². The molecule has 3 aromatic heterocycles. The topological polar surface area (TPSA) is 35.6 Å². The standard InChI is InChI=1S/C64H42N4/c1-4-16-43(17-5-1)44-30-32-46(33-31-44)59-42-58(45-18-6-2-7-19-45)65-64(66-59)51-22-14-20-47(38-51)49-35-37-62-57(40-49)55-27-11-13-29-61(55)68(62)53-25-15-21-48(39-53)50-34-36-56-54-26-10-12-28-60(54)67(63(56)41-50)52-23-8-3-9-24-52/h1-42H. The Morgan fingerprint density at radius 1 is 0.221 bits per heavy atom. The van der Waals surface area contributed by atoms with Crippen LogP contribution in [0.1, 0.15) is 0 Å². The summed E-state index contributed by atoms with van der Waals surface area (Å²) < 4.78 is 4.79. The first-order valence-electron chi connectivity index (χ1n) is 23.1. The Kier molecular flexibility index (Phi) is 9.47. The molecule has 0 saturated carbocycles. The van der Waals surface area contributed by atoms with Gasteiger partial charge in [-0.05, 0) is 100 Å². The summed E-state index contributed by atoms with van der Waals surface area (Å²) in [6.45, 7) is 0. The van der Waals surface area contributed by atoms with Crippen molar-refractivity contribution in [3.05, 3.63) is 255 Å². The van der Waals surface area contributed by atoms with Crippen molar-refractivity contribution in [2.24, 2.45) is 0 Å². The van der Waals surface area contributed by atoms with Gasteiger partial charge in [-0.1, -0.05) is 188 Å². The van der Waals surface area contributed by atoms with Gasteiger partial charge in [-0.3, -0.25) is 0 Å². The number of hydrogen-bond acceptors (Lipinski definition) is 2. The lowest BCUT2D eigenvalue weighted by atomic mass is 10.00. The zero-order valence-electron chi connectivity index (χ0n) is 37.0. The van der Waals surface area contributed by atoms with Crippen molar-refractivity contribution >= 4 is 43.6 Å². The fraction of sp³-hybridized carbons (Fsp3) is 0. The number of hydrogen-bond donors (Lipinski definition) is 0. The molecule has 318 valence electrons. The summed E-state index contributed by atoms with van der Waals surface area (Å²) in [7, 11) is 0. The maximum absolute atomic E-state index is 5.22. The average molecular weight is 867 g/mol. The molecule has 0 aliphatic rings. The minimum Gasteiger partial charge on any atom is -0.309 e. The Labute approximate surface area is 394 Å². The van der Waals surface area contributed by atoms with E-state index < -0.39 is 0 Å². The molecule has 0 unspecified atom stereocenters. The highest BCUT2D eigenvalue weighted by molar-refractivity contribution is 6.11. The van der Waals surface area contributed by atoms with Gasteiger partial charge >= 0.3 is 0 Å². The summed E-state index contributed by atoms with van der Waals surface area (Å²) in [5.74, 6) is 0.689. The number of aromatic nitrogens is 4. The number of rotatable bonds is 8. The van der Waals surface area contributed by atoms with Gasteiger partial charge < -0.3 is 9.13 Å². The third kappa shape index (κ3) is 6.86. The Morgan fingerprint density at radius 3 is 1.37 bits per heavy atom. The molecule has 0 bridgehead atoms. The molecule has 4 nitrogen and oxygen atoms in total. The Hall–Kier alpha value is -9.12. The van der Waals surface area contributed by atoms with E-state index in [-0.39, 0.29) is 0 Å². The molecule has 13 aromatic rings. The van der Waals surface area contributed by atoms with Gasteiger partial charge in [-0.2, -0.15) is 0 Å². The SMILES string of the molecule is c1ccc(-c2ccc(-c3cc(-c4ccccc4)nc(-c4cccc(-c5ccc6c(c5)c5ccccc5n6-c5cccc(-c6ccc7c8ccccc8n(-c8ccccc8)c7c6)c5)c4)n3)cc2)cc1. The van der Waals surface area contributed by atoms with Crippen LogP contribution in [0.5, 0.6) is 0 Å². The second-order valence-electron chi connectivity index (χ2n) is 17.4. The van der Waals surface area contributed by atoms with Gasteiger partial charge in [0.1, 0.15) is 0 Å². The summed E-state index contributed by atoms with van der Waals surface area (Å²) in [5, 5.41) is 4.91. The molecule has 0 aliphatic heterocycles. The third-order valence-corrected chi connectivity index (χ3v) is 13.3. The molecule has 0 atom stereocenters. The normalized spacial score (nSPS) is 11.5. The highest BCUT2D eigenvalue weighted by Crippen LogP contribution is 2.39. The first-order valence-corrected chi connectivity index (χ1v) is 23.1. The molecular weight excluding hydrogens is 825 g/mol. The summed E-state index contributed by atoms with van der Waals surface area (Å²) >= 11 is 0. The van der Waals surface area contributed by atoms with Crippen LogP contribution in [-0.4, -0.2) is 19.1 Å². The van der Waals surface area contributed by atoms with Gasteiger partial charge in [0.2, 0.25) is 0 Å². The second kappa shape index (κ2) is 16.4. The van der Waals surface area contributed by atoms with E-state index in [0.717, 1.165) is 56.1 Å². The number of fused-ring (bicyclic) bond motifs is 6. The minimum absolute atomic E-state index is 0.689. The predicted molar refractivity (Wildman–Crippen MR) is 283 cm³/mol. The fourth-order valence-corrected chi connectivity index (χ4v) is 10.0. The Morgan fingerprint density at radius 2 is 0.647 bits per heavy atom. The lowest BCUT2D eigenvalue weighted by Crippen LogP contribution is -1.96. The number of para-hydroxylation sites is 3. The van der Waals surface area contributed by atoms with E-state index in [9.17, 15) is 0 Å². The van der Waals surface area contributed by atoms with Crippen molar-refractivity contribution in [2.75, 3.05) is 0 Å². The molecule has 4 heteroatoms. The average Bonchev–Trinajstić information content (AvgIpc) is 3.94. The van der Waals surface area contributed by atoms with E-state index in [1.807, 2.05) is 12.1 Å². The molecule has 0 saturated heterocycles. The van der Waals surface area contributed by atoms with Crippen LogP contribution in [0.25, 0.3) is 122 Å². The van der Waals surface area contributed by atoms with Gasteiger partial charge in [-0.15, -0.1) is 0 Å². The predicted octanol–water partition coefficient (Wildman–Crippen LogP) is 16.7. The zero-order valence-corrected chi connectivity index (χ0v) is 37.0. The quantitative estimate of drug-likeness (QED) is 0.153. The second-order valence-corrected chi connectivity index (χ2v) is 17.4. The third-order valence-electron chi connectivity index (χ3n) is 13.3. The molecule has 0 radical (unpaired) electrons. The van der Waals surface area contributed by atoms with Gasteiger partial charge in [0, 0.05) is 49.6 Å². The fourth-order valence-electron chi connectivity index (χ4n) is 10.0. The Bertz CT molecular complexity index is 4000. The number of nitrogens with zero attached hydrogens (tertiary/aromatic N) is 4. The van der Waals surface area contributed by atoms with Crippen LogP contribution >= 0.6 is 0 Å². The van der Waals surface area contributed by atoms with Crippen molar-refractivity contribution in [1.82, 2.24) is 19.1 Å². The highest BCUT2D eigenvalue weighted by atomic mass is 15.0. The minimum atomic E-state index is 0.689. The van der Waals surface area contributed by atoms with Crippen molar-refractivity contribution in [3.63, 3.8) is 0 Å². The molecule has 13 rings (SSSR count). The van der Waals surface area contributed by atoms with Gasteiger partial charge in [0.05, 0.1) is 33.5 Å². The lowest BCUT2D eigenvalue weighted by Gasteiger charge is -2.12. The van der Waals surface area contributed by atoms with Gasteiger partial charge in [0.15, 0.2) is 5.82 Å². The molecule has 10 aromatic carbocycles. The summed E-state index contributed by atoms with van der Waals surface area (Å²) in [5.41, 5.74) is 18.8. The number of benzene rings is 10. The summed E-state index contributed by atoms with van der Waals surface area (Å²) in [4.78, 5) is 10.4. The molecular formula is C64H42N4. The maximum atomic E-state index is 5.22. The van der Waals surface area contributed by atoms with E-state index in [0.29, 0.717) is 5.82 Å². The smallest absolute Gasteiger partial charge is 0.160 e. The van der Waals surface area contributed by atoms with E-state index >= 15 is 0 Å². The molecule has 68 heavy (non-hydrogen) atoms. The zero-order chi connectivity index (χ0) is 45.0. The van der Waals surface area contributed by atoms with E-state index in [2.05, 4.69) is 252 Å². The highest BCUT2D eigenvalue weighted by Gasteiger charge is 2.17. The summed E-state index contributed by atoms with van der Waals surface area (Å²) in [6, 6.07) is 91.1. The van der Waals surface area contributed by atoms with E-state index in [1.165, 1.54) is 60.3 Å². The first kappa shape index (κ1) is 39.3. The Balaban J connectivity index is 0.885. The van der Waals surface area contributed by atoms with Gasteiger partial charge in [-0.25, -0.2) is 9.97 Å². The molecule has 0 aliphatic carbocycles. The van der Waals surface area contributed by atoms with Crippen molar-refractivity contribution in [2.45, 2.75) is 0 Å². The van der Waals surface area contributed by atoms with E-state index in [4.69, 9.17) is 9.97 Å². The van der Waals surface area contributed by atoms with Crippen LogP contribution in [0.15, 0.2) is 255 Å². The monoisotopic (exact) mass is 866 g/mol. The van der Waals surface area contributed by atoms with Crippen LogP contribution in [-0.2, 0) is 0 Å². The van der Waals surface area contributed by atoms with Crippen LogP contribution in [0, 0.1) is 0 Å². The lowest BCUT2D eigenvalue weighted by molar-refractivity contribution is 1.18. The van der Waals surface area contributed by atoms with Crippen molar-refractivity contribution in [1.29, 1.82) is 0 Å². The van der Waals surface area contributed by atoms with Gasteiger partial charge in [0.25, 0.3) is 0 Å². The van der Waals surface area contributed by atoms with Crippen LogP contribution in [0.3, 0.4) is 0 Å². The molecule has 3 heterocycles. The van der Waals surface area contributed by atoms with Crippen LogP contribution < -0.4 is 0 Å². The van der Waals surface area contributed by atoms with Crippen LogP contribution in [0.4, 0.5) is 0 Å². The van der Waals surface area contributed by atoms with Crippen LogP contribution in [0.2, 0.25) is 0 Å². The molecule has 0 amide bonds. The van der Waals surface area contributed by atoms with Crippen molar-refractivity contribution in [3.8, 4) is 78.7 Å². The largest absolute Gasteiger partial charge is 0.309 e. The molecule has 0 spiro atoms. The first-order chi connectivity index (χ1) is 33.7.